The Hall–Kier alpha value is -3.41. The molecule has 3 rings (SSSR count). The third-order valence-corrected chi connectivity index (χ3v) is 4.37. The lowest BCUT2D eigenvalue weighted by molar-refractivity contribution is 0.102. The van der Waals surface area contributed by atoms with E-state index in [1.165, 1.54) is 12.1 Å². The number of carbonyl (C=O) groups excluding carboxylic acids is 1. The summed E-state index contributed by atoms with van der Waals surface area (Å²) in [5.41, 5.74) is 2.88. The summed E-state index contributed by atoms with van der Waals surface area (Å²) in [7, 11) is 0. The second-order valence-electron chi connectivity index (χ2n) is 6.24. The molecule has 0 spiro atoms. The molecule has 0 aliphatic carbocycles. The molecule has 2 N–H and O–H groups in total. The summed E-state index contributed by atoms with van der Waals surface area (Å²) in [5.74, 6) is -0.168. The molecule has 3 aromatic rings. The van der Waals surface area contributed by atoms with Gasteiger partial charge in [-0.1, -0.05) is 6.07 Å². The second-order valence-corrected chi connectivity index (χ2v) is 6.24. The van der Waals surface area contributed by atoms with Gasteiger partial charge in [0.1, 0.15) is 11.6 Å². The minimum atomic E-state index is -0.400. The number of benzene rings is 2. The molecule has 1 heterocycles. The van der Waals surface area contributed by atoms with Crippen LogP contribution >= 0.6 is 0 Å². The summed E-state index contributed by atoms with van der Waals surface area (Å²) in [6, 6.07) is 17.1. The van der Waals surface area contributed by atoms with Gasteiger partial charge in [-0.3, -0.25) is 4.79 Å². The first-order valence-corrected chi connectivity index (χ1v) is 9.24. The number of hydrogen-bond acceptors (Lipinski definition) is 4. The molecule has 28 heavy (non-hydrogen) atoms. The highest BCUT2D eigenvalue weighted by Crippen LogP contribution is 2.21. The van der Waals surface area contributed by atoms with Gasteiger partial charge in [-0.15, -0.1) is 0 Å². The summed E-state index contributed by atoms with van der Waals surface area (Å²) >= 11 is 0. The first-order valence-electron chi connectivity index (χ1n) is 9.24. The van der Waals surface area contributed by atoms with Crippen LogP contribution in [0.15, 0.2) is 66.9 Å². The van der Waals surface area contributed by atoms with Gasteiger partial charge in [0.25, 0.3) is 5.91 Å². The first kappa shape index (κ1) is 19.4. The Bertz CT molecular complexity index is 939. The third kappa shape index (κ3) is 4.85. The molecule has 0 unspecified atom stereocenters. The van der Waals surface area contributed by atoms with Crippen molar-refractivity contribution in [1.82, 2.24) is 4.98 Å². The number of nitrogens with one attached hydrogen (secondary N) is 2. The zero-order valence-electron chi connectivity index (χ0n) is 15.9. The van der Waals surface area contributed by atoms with Crippen molar-refractivity contribution in [3.05, 3.63) is 78.2 Å². The van der Waals surface area contributed by atoms with Gasteiger partial charge in [0.15, 0.2) is 0 Å². The Morgan fingerprint density at radius 2 is 1.75 bits per heavy atom. The van der Waals surface area contributed by atoms with E-state index in [2.05, 4.69) is 46.5 Å². The Labute approximate surface area is 164 Å². The van der Waals surface area contributed by atoms with Crippen molar-refractivity contribution in [3.63, 3.8) is 0 Å². The SMILES string of the molecule is CCN(CC)c1ccc(Nc2cc(C(=O)Nc3cccc(F)c3)ccn2)cc1. The van der Waals surface area contributed by atoms with Gasteiger partial charge in [0, 0.05) is 41.9 Å². The summed E-state index contributed by atoms with van der Waals surface area (Å²) in [6.07, 6.45) is 1.56. The van der Waals surface area contributed by atoms with Crippen LogP contribution in [0, 0.1) is 5.82 Å². The Morgan fingerprint density at radius 3 is 2.43 bits per heavy atom. The van der Waals surface area contributed by atoms with E-state index < -0.39 is 5.82 Å². The fraction of sp³-hybridized carbons (Fsp3) is 0.182. The average molecular weight is 378 g/mol. The first-order chi connectivity index (χ1) is 13.6. The van der Waals surface area contributed by atoms with Gasteiger partial charge in [-0.05, 0) is 68.4 Å². The highest BCUT2D eigenvalue weighted by Gasteiger charge is 2.09. The number of pyridine rings is 1. The van der Waals surface area contributed by atoms with Gasteiger partial charge in [-0.25, -0.2) is 9.37 Å². The van der Waals surface area contributed by atoms with Crippen LogP contribution in [-0.4, -0.2) is 24.0 Å². The van der Waals surface area contributed by atoms with Gasteiger partial charge in [-0.2, -0.15) is 0 Å². The molecule has 0 aliphatic rings. The van der Waals surface area contributed by atoms with E-state index in [0.29, 0.717) is 17.1 Å². The molecular weight excluding hydrogens is 355 g/mol. The maximum Gasteiger partial charge on any atom is 0.255 e. The van der Waals surface area contributed by atoms with E-state index in [1.54, 1.807) is 30.5 Å². The predicted molar refractivity (Wildman–Crippen MR) is 112 cm³/mol. The number of nitrogens with zero attached hydrogens (tertiary/aromatic N) is 2. The highest BCUT2D eigenvalue weighted by atomic mass is 19.1. The Kier molecular flexibility index (Phi) is 6.22. The van der Waals surface area contributed by atoms with Crippen LogP contribution in [0.3, 0.4) is 0 Å². The van der Waals surface area contributed by atoms with Crippen LogP contribution in [0.5, 0.6) is 0 Å². The predicted octanol–water partition coefficient (Wildman–Crippen LogP) is 5.06. The van der Waals surface area contributed by atoms with Crippen molar-refractivity contribution >= 4 is 28.8 Å². The smallest absolute Gasteiger partial charge is 0.255 e. The lowest BCUT2D eigenvalue weighted by Crippen LogP contribution is -2.21. The quantitative estimate of drug-likeness (QED) is 0.603. The monoisotopic (exact) mass is 378 g/mol. The number of carbonyl (C=O) groups is 1. The molecule has 1 aromatic heterocycles. The van der Waals surface area contributed by atoms with Crippen molar-refractivity contribution in [2.75, 3.05) is 28.6 Å². The van der Waals surface area contributed by atoms with Crippen LogP contribution in [-0.2, 0) is 0 Å². The molecule has 5 nitrogen and oxygen atoms in total. The molecule has 0 saturated heterocycles. The fourth-order valence-electron chi connectivity index (χ4n) is 2.90. The van der Waals surface area contributed by atoms with Crippen molar-refractivity contribution in [3.8, 4) is 0 Å². The third-order valence-electron chi connectivity index (χ3n) is 4.37. The normalized spacial score (nSPS) is 10.4. The minimum Gasteiger partial charge on any atom is -0.372 e. The van der Waals surface area contributed by atoms with Crippen LogP contribution in [0.2, 0.25) is 0 Å². The molecule has 0 atom stereocenters. The van der Waals surface area contributed by atoms with Crippen LogP contribution in [0.4, 0.5) is 27.3 Å². The van der Waals surface area contributed by atoms with E-state index in [9.17, 15) is 9.18 Å². The lowest BCUT2D eigenvalue weighted by Gasteiger charge is -2.21. The fourth-order valence-corrected chi connectivity index (χ4v) is 2.90. The number of rotatable bonds is 7. The maximum absolute atomic E-state index is 13.3. The summed E-state index contributed by atoms with van der Waals surface area (Å²) in [4.78, 5) is 19.0. The van der Waals surface area contributed by atoms with Crippen molar-refractivity contribution < 1.29 is 9.18 Å². The topological polar surface area (TPSA) is 57.3 Å². The zero-order chi connectivity index (χ0) is 19.9. The number of halogens is 1. The van der Waals surface area contributed by atoms with Gasteiger partial charge in [0.2, 0.25) is 0 Å². The molecule has 144 valence electrons. The molecule has 0 saturated carbocycles. The lowest BCUT2D eigenvalue weighted by atomic mass is 10.2. The molecular formula is C22H23FN4O. The Morgan fingerprint density at radius 1 is 1.00 bits per heavy atom. The van der Waals surface area contributed by atoms with E-state index >= 15 is 0 Å². The molecule has 0 radical (unpaired) electrons. The minimum absolute atomic E-state index is 0.326. The van der Waals surface area contributed by atoms with Crippen LogP contribution in [0.1, 0.15) is 24.2 Å². The van der Waals surface area contributed by atoms with E-state index in [-0.39, 0.29) is 5.91 Å². The number of aromatic nitrogens is 1. The van der Waals surface area contributed by atoms with Crippen LogP contribution < -0.4 is 15.5 Å². The van der Waals surface area contributed by atoms with Crippen LogP contribution in [0.25, 0.3) is 0 Å². The second kappa shape index (κ2) is 8.99. The van der Waals surface area contributed by atoms with E-state index in [4.69, 9.17) is 0 Å². The number of hydrogen-bond donors (Lipinski definition) is 2. The largest absolute Gasteiger partial charge is 0.372 e. The Balaban J connectivity index is 1.70. The van der Waals surface area contributed by atoms with Gasteiger partial charge >= 0.3 is 0 Å². The molecule has 2 aromatic carbocycles. The van der Waals surface area contributed by atoms with E-state index in [0.717, 1.165) is 24.5 Å². The zero-order valence-corrected chi connectivity index (χ0v) is 15.9. The van der Waals surface area contributed by atoms with Crippen molar-refractivity contribution in [1.29, 1.82) is 0 Å². The van der Waals surface area contributed by atoms with Crippen molar-refractivity contribution in [2.45, 2.75) is 13.8 Å². The molecule has 6 heteroatoms. The molecule has 1 amide bonds. The number of amides is 1. The number of anilines is 4. The van der Waals surface area contributed by atoms with Gasteiger partial charge < -0.3 is 15.5 Å². The molecule has 0 bridgehead atoms. The molecule has 0 fully saturated rings. The summed E-state index contributed by atoms with van der Waals surface area (Å²) in [6.45, 7) is 6.15. The molecule has 0 aliphatic heterocycles. The highest BCUT2D eigenvalue weighted by molar-refractivity contribution is 6.04. The summed E-state index contributed by atoms with van der Waals surface area (Å²) in [5, 5.41) is 5.89. The van der Waals surface area contributed by atoms with E-state index in [1.807, 2.05) is 12.1 Å². The van der Waals surface area contributed by atoms with Crippen molar-refractivity contribution in [2.24, 2.45) is 0 Å². The average Bonchev–Trinajstić information content (AvgIpc) is 2.70. The van der Waals surface area contributed by atoms with Gasteiger partial charge in [0.05, 0.1) is 0 Å². The maximum atomic E-state index is 13.3. The standard InChI is InChI=1S/C22H23FN4O/c1-3-27(4-2)20-10-8-18(9-11-20)25-21-14-16(12-13-24-21)22(28)26-19-7-5-6-17(23)15-19/h5-15H,3-4H2,1-2H3,(H,24,25)(H,26,28). The summed E-state index contributed by atoms with van der Waals surface area (Å²) < 4.78 is 13.3.